The van der Waals surface area contributed by atoms with Crippen molar-refractivity contribution in [2.45, 2.75) is 31.8 Å². The molecule has 0 amide bonds. The SMILES string of the molecule is COCC(CCCN)NC(C)c1cccc(F)c1. The Labute approximate surface area is 109 Å². The summed E-state index contributed by atoms with van der Waals surface area (Å²) in [4.78, 5) is 0. The van der Waals surface area contributed by atoms with E-state index >= 15 is 0 Å². The van der Waals surface area contributed by atoms with Gasteiger partial charge in [-0.2, -0.15) is 0 Å². The number of benzene rings is 1. The summed E-state index contributed by atoms with van der Waals surface area (Å²) in [5, 5.41) is 3.45. The highest BCUT2D eigenvalue weighted by molar-refractivity contribution is 5.19. The molecule has 18 heavy (non-hydrogen) atoms. The van der Waals surface area contributed by atoms with Gasteiger partial charge in [0.1, 0.15) is 5.82 Å². The van der Waals surface area contributed by atoms with Crippen molar-refractivity contribution in [2.75, 3.05) is 20.3 Å². The lowest BCUT2D eigenvalue weighted by Crippen LogP contribution is -2.35. The molecule has 0 aliphatic carbocycles. The Balaban J connectivity index is 2.56. The number of halogens is 1. The number of nitrogens with two attached hydrogens (primary N) is 1. The lowest BCUT2D eigenvalue weighted by Gasteiger charge is -2.23. The third-order valence-corrected chi connectivity index (χ3v) is 2.96. The number of methoxy groups -OCH3 is 1. The second kappa shape index (κ2) is 8.19. The first-order valence-electron chi connectivity index (χ1n) is 6.38. The molecule has 2 unspecified atom stereocenters. The summed E-state index contributed by atoms with van der Waals surface area (Å²) in [6, 6.07) is 7.01. The zero-order valence-corrected chi connectivity index (χ0v) is 11.2. The third kappa shape index (κ3) is 5.12. The molecule has 1 rings (SSSR count). The summed E-state index contributed by atoms with van der Waals surface area (Å²) < 4.78 is 18.3. The minimum absolute atomic E-state index is 0.0959. The van der Waals surface area contributed by atoms with E-state index in [1.54, 1.807) is 19.2 Å². The number of ether oxygens (including phenoxy) is 1. The third-order valence-electron chi connectivity index (χ3n) is 2.96. The molecule has 0 spiro atoms. The highest BCUT2D eigenvalue weighted by atomic mass is 19.1. The molecule has 2 atom stereocenters. The molecule has 0 aliphatic rings. The minimum atomic E-state index is -0.202. The van der Waals surface area contributed by atoms with Crippen molar-refractivity contribution < 1.29 is 9.13 Å². The molecule has 0 aliphatic heterocycles. The summed E-state index contributed by atoms with van der Waals surface area (Å²) in [6.45, 7) is 3.34. The van der Waals surface area contributed by atoms with Crippen LogP contribution >= 0.6 is 0 Å². The number of nitrogens with one attached hydrogen (secondary N) is 1. The lowest BCUT2D eigenvalue weighted by molar-refractivity contribution is 0.156. The van der Waals surface area contributed by atoms with Crippen LogP contribution in [0.3, 0.4) is 0 Å². The minimum Gasteiger partial charge on any atom is -0.383 e. The summed E-state index contributed by atoms with van der Waals surface area (Å²) >= 11 is 0. The van der Waals surface area contributed by atoms with Crippen LogP contribution < -0.4 is 11.1 Å². The van der Waals surface area contributed by atoms with E-state index in [4.69, 9.17) is 10.5 Å². The van der Waals surface area contributed by atoms with Crippen molar-refractivity contribution in [3.63, 3.8) is 0 Å². The van der Waals surface area contributed by atoms with Crippen molar-refractivity contribution >= 4 is 0 Å². The van der Waals surface area contributed by atoms with E-state index in [0.717, 1.165) is 18.4 Å². The molecule has 0 fully saturated rings. The zero-order chi connectivity index (χ0) is 13.4. The van der Waals surface area contributed by atoms with Gasteiger partial charge in [-0.25, -0.2) is 4.39 Å². The Hall–Kier alpha value is -0.970. The van der Waals surface area contributed by atoms with Gasteiger partial charge in [0.05, 0.1) is 6.61 Å². The first-order chi connectivity index (χ1) is 8.67. The fraction of sp³-hybridized carbons (Fsp3) is 0.571. The monoisotopic (exact) mass is 254 g/mol. The van der Waals surface area contributed by atoms with E-state index in [2.05, 4.69) is 5.32 Å². The molecule has 102 valence electrons. The van der Waals surface area contributed by atoms with Crippen molar-refractivity contribution in [1.82, 2.24) is 5.32 Å². The van der Waals surface area contributed by atoms with E-state index in [1.165, 1.54) is 6.07 Å². The quantitative estimate of drug-likeness (QED) is 0.748. The van der Waals surface area contributed by atoms with Crippen LogP contribution in [0.4, 0.5) is 4.39 Å². The van der Waals surface area contributed by atoms with Gasteiger partial charge in [-0.05, 0) is 44.0 Å². The van der Waals surface area contributed by atoms with Crippen molar-refractivity contribution in [1.29, 1.82) is 0 Å². The Bertz CT molecular complexity index is 346. The molecule has 3 N–H and O–H groups in total. The molecule has 0 heterocycles. The van der Waals surface area contributed by atoms with Crippen LogP contribution in [0.25, 0.3) is 0 Å². The summed E-state index contributed by atoms with van der Waals surface area (Å²) in [5.74, 6) is -0.202. The lowest BCUT2D eigenvalue weighted by atomic mass is 10.1. The maximum Gasteiger partial charge on any atom is 0.123 e. The van der Waals surface area contributed by atoms with E-state index in [0.29, 0.717) is 13.2 Å². The fourth-order valence-electron chi connectivity index (χ4n) is 2.01. The molecule has 0 saturated heterocycles. The van der Waals surface area contributed by atoms with E-state index in [1.807, 2.05) is 13.0 Å². The van der Waals surface area contributed by atoms with Gasteiger partial charge >= 0.3 is 0 Å². The van der Waals surface area contributed by atoms with Crippen LogP contribution in [-0.4, -0.2) is 26.3 Å². The van der Waals surface area contributed by atoms with Gasteiger partial charge < -0.3 is 15.8 Å². The molecular formula is C14H23FN2O. The zero-order valence-electron chi connectivity index (χ0n) is 11.2. The van der Waals surface area contributed by atoms with Gasteiger partial charge in [-0.1, -0.05) is 12.1 Å². The highest BCUT2D eigenvalue weighted by Gasteiger charge is 2.13. The normalized spacial score (nSPS) is 14.4. The standard InChI is InChI=1S/C14H23FN2O/c1-11(12-5-3-6-13(15)9-12)17-14(10-18-2)7-4-8-16/h3,5-6,9,11,14,17H,4,7-8,10,16H2,1-2H3. The first-order valence-corrected chi connectivity index (χ1v) is 6.38. The highest BCUT2D eigenvalue weighted by Crippen LogP contribution is 2.15. The van der Waals surface area contributed by atoms with Crippen molar-refractivity contribution in [2.24, 2.45) is 5.73 Å². The maximum absolute atomic E-state index is 13.1. The van der Waals surface area contributed by atoms with Crippen LogP contribution in [0.1, 0.15) is 31.4 Å². The van der Waals surface area contributed by atoms with Crippen LogP contribution in [0.5, 0.6) is 0 Å². The van der Waals surface area contributed by atoms with E-state index in [-0.39, 0.29) is 17.9 Å². The molecular weight excluding hydrogens is 231 g/mol. The van der Waals surface area contributed by atoms with Gasteiger partial charge in [-0.15, -0.1) is 0 Å². The Morgan fingerprint density at radius 1 is 1.44 bits per heavy atom. The van der Waals surface area contributed by atoms with Crippen molar-refractivity contribution in [3.8, 4) is 0 Å². The second-order valence-electron chi connectivity index (χ2n) is 4.53. The molecule has 4 heteroatoms. The topological polar surface area (TPSA) is 47.3 Å². The summed E-state index contributed by atoms with van der Waals surface area (Å²) in [7, 11) is 1.68. The molecule has 1 aromatic rings. The molecule has 0 aromatic heterocycles. The predicted molar refractivity (Wildman–Crippen MR) is 71.9 cm³/mol. The number of hydrogen-bond acceptors (Lipinski definition) is 3. The number of hydrogen-bond donors (Lipinski definition) is 2. The van der Waals surface area contributed by atoms with E-state index < -0.39 is 0 Å². The fourth-order valence-corrected chi connectivity index (χ4v) is 2.01. The summed E-state index contributed by atoms with van der Waals surface area (Å²) in [5.41, 5.74) is 6.46. The predicted octanol–water partition coefficient (Wildman–Crippen LogP) is 2.23. The van der Waals surface area contributed by atoms with Crippen LogP contribution in [0.2, 0.25) is 0 Å². The molecule has 0 bridgehead atoms. The molecule has 1 aromatic carbocycles. The van der Waals surface area contributed by atoms with Crippen molar-refractivity contribution in [3.05, 3.63) is 35.6 Å². The first kappa shape index (κ1) is 15.1. The second-order valence-corrected chi connectivity index (χ2v) is 4.53. The summed E-state index contributed by atoms with van der Waals surface area (Å²) in [6.07, 6.45) is 1.92. The maximum atomic E-state index is 13.1. The number of rotatable bonds is 8. The molecule has 3 nitrogen and oxygen atoms in total. The van der Waals surface area contributed by atoms with Gasteiger partial charge in [0, 0.05) is 19.2 Å². The largest absolute Gasteiger partial charge is 0.383 e. The van der Waals surface area contributed by atoms with Crippen LogP contribution in [-0.2, 0) is 4.74 Å². The average molecular weight is 254 g/mol. The van der Waals surface area contributed by atoms with Crippen LogP contribution in [0.15, 0.2) is 24.3 Å². The Morgan fingerprint density at radius 3 is 2.83 bits per heavy atom. The van der Waals surface area contributed by atoms with Gasteiger partial charge in [0.25, 0.3) is 0 Å². The molecule has 0 saturated carbocycles. The van der Waals surface area contributed by atoms with Gasteiger partial charge in [-0.3, -0.25) is 0 Å². The van der Waals surface area contributed by atoms with Gasteiger partial charge in [0.15, 0.2) is 0 Å². The van der Waals surface area contributed by atoms with Gasteiger partial charge in [0.2, 0.25) is 0 Å². The Kier molecular flexibility index (Phi) is 6.86. The van der Waals surface area contributed by atoms with E-state index in [9.17, 15) is 4.39 Å². The smallest absolute Gasteiger partial charge is 0.123 e. The Morgan fingerprint density at radius 2 is 2.22 bits per heavy atom. The average Bonchev–Trinajstić information content (AvgIpc) is 2.36. The van der Waals surface area contributed by atoms with Crippen LogP contribution in [0, 0.1) is 5.82 Å². The molecule has 0 radical (unpaired) electrons.